The zero-order valence-electron chi connectivity index (χ0n) is 24.6. The molecule has 4 aromatic heterocycles. The number of nitrogens with zero attached hydrogens (tertiary/aromatic N) is 4. The molecule has 7 aromatic rings. The van der Waals surface area contributed by atoms with Crippen LogP contribution >= 0.6 is 0 Å². The summed E-state index contributed by atoms with van der Waals surface area (Å²) in [5.74, 6) is 0. The summed E-state index contributed by atoms with van der Waals surface area (Å²) in [6.45, 7) is 4.22. The summed E-state index contributed by atoms with van der Waals surface area (Å²) >= 11 is 0. The third kappa shape index (κ3) is 4.92. The van der Waals surface area contributed by atoms with Gasteiger partial charge in [0.15, 0.2) is 0 Å². The van der Waals surface area contributed by atoms with Gasteiger partial charge in [0.05, 0.1) is 22.8 Å². The van der Waals surface area contributed by atoms with Crippen LogP contribution in [0.4, 0.5) is 0 Å². The van der Waals surface area contributed by atoms with Crippen molar-refractivity contribution in [2.24, 2.45) is 0 Å². The Morgan fingerprint density at radius 3 is 1.56 bits per heavy atom. The molecule has 0 fully saturated rings. The van der Waals surface area contributed by atoms with Gasteiger partial charge in [0.25, 0.3) is 0 Å². The van der Waals surface area contributed by atoms with Gasteiger partial charge in [0, 0.05) is 35.9 Å². The second-order valence-corrected chi connectivity index (χ2v) is 11.2. The molecule has 0 N–H and O–H groups in total. The van der Waals surface area contributed by atoms with Gasteiger partial charge in [-0.3, -0.25) is 19.9 Å². The van der Waals surface area contributed by atoms with Crippen molar-refractivity contribution in [1.29, 1.82) is 0 Å². The molecule has 4 heterocycles. The highest BCUT2D eigenvalue weighted by atomic mass is 14.8. The van der Waals surface area contributed by atoms with E-state index in [-0.39, 0.29) is 0 Å². The van der Waals surface area contributed by atoms with Gasteiger partial charge in [-0.15, -0.1) is 0 Å². The Morgan fingerprint density at radius 2 is 1.02 bits per heavy atom. The number of allylic oxidation sites excluding steroid dienone is 5. The molecule has 0 aliphatic heterocycles. The zero-order valence-corrected chi connectivity index (χ0v) is 24.6. The normalized spacial score (nSPS) is 12.9. The number of aromatic nitrogens is 4. The van der Waals surface area contributed by atoms with E-state index >= 15 is 0 Å². The summed E-state index contributed by atoms with van der Waals surface area (Å²) in [4.78, 5) is 18.7. The molecular formula is C41H28N4. The van der Waals surface area contributed by atoms with Crippen molar-refractivity contribution in [3.8, 4) is 45.0 Å². The van der Waals surface area contributed by atoms with Crippen LogP contribution in [0.5, 0.6) is 0 Å². The second-order valence-electron chi connectivity index (χ2n) is 11.2. The predicted octanol–water partition coefficient (Wildman–Crippen LogP) is 10.1. The summed E-state index contributed by atoms with van der Waals surface area (Å²) < 4.78 is 0. The molecule has 0 atom stereocenters. The van der Waals surface area contributed by atoms with E-state index in [1.165, 1.54) is 11.0 Å². The lowest BCUT2D eigenvalue weighted by Gasteiger charge is -2.19. The van der Waals surface area contributed by atoms with Gasteiger partial charge in [-0.05, 0) is 92.7 Å². The maximum absolute atomic E-state index is 4.87. The Bertz CT molecular complexity index is 2270. The monoisotopic (exact) mass is 576 g/mol. The van der Waals surface area contributed by atoms with E-state index < -0.39 is 0 Å². The highest BCUT2D eigenvalue weighted by molar-refractivity contribution is 6.21. The third-order valence-corrected chi connectivity index (χ3v) is 8.35. The fourth-order valence-corrected chi connectivity index (χ4v) is 6.24. The lowest BCUT2D eigenvalue weighted by molar-refractivity contribution is 1.25. The van der Waals surface area contributed by atoms with Crippen LogP contribution < -0.4 is 0 Å². The molecule has 0 radical (unpaired) electrons. The van der Waals surface area contributed by atoms with Crippen LogP contribution in [-0.4, -0.2) is 19.9 Å². The zero-order chi connectivity index (χ0) is 30.2. The smallest absolute Gasteiger partial charge is 0.0886 e. The first-order chi connectivity index (χ1) is 22.2. The van der Waals surface area contributed by atoms with E-state index in [0.717, 1.165) is 78.7 Å². The Balaban J connectivity index is 1.37. The first kappa shape index (κ1) is 26.6. The maximum Gasteiger partial charge on any atom is 0.0886 e. The number of hydrogen-bond donors (Lipinski definition) is 0. The SMILES string of the molecule is C=C1C=C(c2ccc3c(-c4ccc(-c5ccccn5)nc4)c4ccccc4c(-c4ccc(-c5ccccn5)nc4)c3c2)C=CC1. The van der Waals surface area contributed by atoms with Gasteiger partial charge >= 0.3 is 0 Å². The van der Waals surface area contributed by atoms with Crippen molar-refractivity contribution < 1.29 is 0 Å². The number of pyridine rings is 4. The largest absolute Gasteiger partial charge is 0.255 e. The highest BCUT2D eigenvalue weighted by Gasteiger charge is 2.19. The molecule has 1 aliphatic rings. The lowest BCUT2D eigenvalue weighted by atomic mass is 9.85. The quantitative estimate of drug-likeness (QED) is 0.191. The minimum atomic E-state index is 0.848. The van der Waals surface area contributed by atoms with Crippen LogP contribution in [0.1, 0.15) is 12.0 Å². The highest BCUT2D eigenvalue weighted by Crippen LogP contribution is 2.44. The van der Waals surface area contributed by atoms with Crippen molar-refractivity contribution in [2.75, 3.05) is 0 Å². The average molecular weight is 577 g/mol. The lowest BCUT2D eigenvalue weighted by Crippen LogP contribution is -1.95. The molecule has 0 saturated heterocycles. The van der Waals surface area contributed by atoms with Crippen LogP contribution in [-0.2, 0) is 0 Å². The first-order valence-electron chi connectivity index (χ1n) is 15.0. The Labute approximate surface area is 261 Å². The summed E-state index contributed by atoms with van der Waals surface area (Å²) in [7, 11) is 0. The molecule has 4 nitrogen and oxygen atoms in total. The molecular weight excluding hydrogens is 548 g/mol. The van der Waals surface area contributed by atoms with Crippen LogP contribution in [0.15, 0.2) is 158 Å². The Morgan fingerprint density at radius 1 is 0.489 bits per heavy atom. The van der Waals surface area contributed by atoms with Gasteiger partial charge in [0.1, 0.15) is 0 Å². The molecule has 0 amide bonds. The fourth-order valence-electron chi connectivity index (χ4n) is 6.24. The molecule has 0 unspecified atom stereocenters. The van der Waals surface area contributed by atoms with Crippen molar-refractivity contribution in [3.63, 3.8) is 0 Å². The van der Waals surface area contributed by atoms with E-state index in [2.05, 4.69) is 102 Å². The molecule has 0 saturated carbocycles. The van der Waals surface area contributed by atoms with Gasteiger partial charge < -0.3 is 0 Å². The Kier molecular flexibility index (Phi) is 6.65. The van der Waals surface area contributed by atoms with Crippen molar-refractivity contribution in [3.05, 3.63) is 164 Å². The summed E-state index contributed by atoms with van der Waals surface area (Å²) in [6.07, 6.45) is 15.0. The van der Waals surface area contributed by atoms with Crippen molar-refractivity contribution >= 4 is 27.1 Å². The van der Waals surface area contributed by atoms with Gasteiger partial charge in [-0.1, -0.05) is 91.0 Å². The van der Waals surface area contributed by atoms with Crippen LogP contribution in [0.2, 0.25) is 0 Å². The second kappa shape index (κ2) is 11.3. The molecule has 0 spiro atoms. The molecule has 4 heteroatoms. The van der Waals surface area contributed by atoms with Crippen LogP contribution in [0, 0.1) is 0 Å². The van der Waals surface area contributed by atoms with E-state index in [9.17, 15) is 0 Å². The minimum Gasteiger partial charge on any atom is -0.255 e. The first-order valence-corrected chi connectivity index (χ1v) is 15.0. The standard InChI is InChI=1S/C41H28N4/c1-27-9-8-10-28(23-27)29-15-18-34-35(24-29)41(31-17-20-39(45-26-31)37-14-5-7-22-43-37)33-12-3-2-11-32(33)40(34)30-16-19-38(44-25-30)36-13-4-6-21-42-36/h2-8,10-26H,1,9H2. The van der Waals surface area contributed by atoms with Crippen molar-refractivity contribution in [1.82, 2.24) is 19.9 Å². The number of rotatable bonds is 5. The fraction of sp³-hybridized carbons (Fsp3) is 0.0244. The third-order valence-electron chi connectivity index (χ3n) is 8.35. The molecule has 3 aromatic carbocycles. The summed E-state index contributed by atoms with van der Waals surface area (Å²) in [5, 5.41) is 4.65. The van der Waals surface area contributed by atoms with E-state index in [1.54, 1.807) is 12.4 Å². The predicted molar refractivity (Wildman–Crippen MR) is 185 cm³/mol. The van der Waals surface area contributed by atoms with Gasteiger partial charge in [0.2, 0.25) is 0 Å². The summed E-state index contributed by atoms with van der Waals surface area (Å²) in [6, 6.07) is 35.7. The van der Waals surface area contributed by atoms with Gasteiger partial charge in [-0.25, -0.2) is 0 Å². The van der Waals surface area contributed by atoms with Crippen LogP contribution in [0.25, 0.3) is 72.1 Å². The Hall–Kier alpha value is -6.00. The minimum absolute atomic E-state index is 0.848. The molecule has 0 bridgehead atoms. The van der Waals surface area contributed by atoms with E-state index in [0.29, 0.717) is 0 Å². The van der Waals surface area contributed by atoms with Crippen LogP contribution in [0.3, 0.4) is 0 Å². The number of fused-ring (bicyclic) bond motifs is 2. The maximum atomic E-state index is 4.87. The number of hydrogen-bond acceptors (Lipinski definition) is 4. The topological polar surface area (TPSA) is 51.6 Å². The van der Waals surface area contributed by atoms with Crippen molar-refractivity contribution in [2.45, 2.75) is 6.42 Å². The van der Waals surface area contributed by atoms with E-state index in [4.69, 9.17) is 9.97 Å². The molecule has 45 heavy (non-hydrogen) atoms. The van der Waals surface area contributed by atoms with Gasteiger partial charge in [-0.2, -0.15) is 0 Å². The molecule has 8 rings (SSSR count). The summed E-state index contributed by atoms with van der Waals surface area (Å²) in [5.41, 5.74) is 11.3. The van der Waals surface area contributed by atoms with E-state index in [1.807, 2.05) is 48.8 Å². The average Bonchev–Trinajstić information content (AvgIpc) is 3.11. The molecule has 1 aliphatic carbocycles. The molecule has 212 valence electrons. The number of benzene rings is 3.